The fourth-order valence-electron chi connectivity index (χ4n) is 1.09. The van der Waals surface area contributed by atoms with E-state index >= 15 is 0 Å². The number of nitrogen functional groups attached to an aromatic ring is 1. The van der Waals surface area contributed by atoms with E-state index in [4.69, 9.17) is 5.73 Å². The van der Waals surface area contributed by atoms with Crippen molar-refractivity contribution in [1.82, 2.24) is 0 Å². The van der Waals surface area contributed by atoms with E-state index in [1.807, 2.05) is 25.1 Å². The first kappa shape index (κ1) is 9.84. The predicted octanol–water partition coefficient (Wildman–Crippen LogP) is 2.35. The molecule has 13 heavy (non-hydrogen) atoms. The molecule has 3 N–H and O–H groups in total. The highest BCUT2D eigenvalue weighted by Gasteiger charge is 1.95. The van der Waals surface area contributed by atoms with E-state index in [9.17, 15) is 4.39 Å². The smallest absolute Gasteiger partial charge is 0.0911 e. The maximum absolute atomic E-state index is 11.8. The van der Waals surface area contributed by atoms with Gasteiger partial charge in [-0.05, 0) is 37.1 Å². The highest BCUT2D eigenvalue weighted by molar-refractivity contribution is 5.56. The number of alkyl halides is 1. The average Bonchev–Trinajstić information content (AvgIpc) is 2.12. The molecule has 0 heterocycles. The van der Waals surface area contributed by atoms with E-state index in [0.29, 0.717) is 13.0 Å². The van der Waals surface area contributed by atoms with Crippen LogP contribution < -0.4 is 11.1 Å². The molecule has 0 aliphatic rings. The van der Waals surface area contributed by atoms with Gasteiger partial charge in [0.1, 0.15) is 0 Å². The first-order valence-electron chi connectivity index (χ1n) is 4.40. The fourth-order valence-corrected chi connectivity index (χ4v) is 1.09. The zero-order chi connectivity index (χ0) is 9.68. The summed E-state index contributed by atoms with van der Waals surface area (Å²) in [6, 6.07) is 5.72. The molecule has 0 bridgehead atoms. The summed E-state index contributed by atoms with van der Waals surface area (Å²) in [5.74, 6) is 0. The molecule has 0 aromatic heterocycles. The SMILES string of the molecule is Cc1cc(NCCCF)ccc1N. The maximum Gasteiger partial charge on any atom is 0.0911 e. The van der Waals surface area contributed by atoms with Gasteiger partial charge in [0.15, 0.2) is 0 Å². The summed E-state index contributed by atoms with van der Waals surface area (Å²) in [6.07, 6.45) is 0.545. The van der Waals surface area contributed by atoms with Crippen LogP contribution in [0.3, 0.4) is 0 Å². The topological polar surface area (TPSA) is 38.0 Å². The minimum Gasteiger partial charge on any atom is -0.399 e. The van der Waals surface area contributed by atoms with Crippen LogP contribution >= 0.6 is 0 Å². The highest BCUT2D eigenvalue weighted by Crippen LogP contribution is 2.16. The molecule has 0 saturated heterocycles. The van der Waals surface area contributed by atoms with Crippen LogP contribution in [0.15, 0.2) is 18.2 Å². The van der Waals surface area contributed by atoms with E-state index in [1.165, 1.54) is 0 Å². The number of nitrogens with two attached hydrogens (primary N) is 1. The molecule has 0 atom stereocenters. The number of halogens is 1. The lowest BCUT2D eigenvalue weighted by Crippen LogP contribution is -2.02. The second kappa shape index (κ2) is 4.70. The molecule has 0 unspecified atom stereocenters. The molecule has 1 aromatic carbocycles. The van der Waals surface area contributed by atoms with Crippen LogP contribution in [0.1, 0.15) is 12.0 Å². The minimum absolute atomic E-state index is 0.277. The molecule has 0 amide bonds. The summed E-state index contributed by atoms with van der Waals surface area (Å²) >= 11 is 0. The quantitative estimate of drug-likeness (QED) is 0.554. The zero-order valence-electron chi connectivity index (χ0n) is 7.81. The van der Waals surface area contributed by atoms with Crippen LogP contribution in [-0.4, -0.2) is 13.2 Å². The lowest BCUT2D eigenvalue weighted by molar-refractivity contribution is 0.481. The number of rotatable bonds is 4. The molecule has 0 fully saturated rings. The predicted molar refractivity (Wildman–Crippen MR) is 54.7 cm³/mol. The molecule has 0 aliphatic heterocycles. The number of anilines is 2. The van der Waals surface area contributed by atoms with Gasteiger partial charge in [-0.25, -0.2) is 0 Å². The Morgan fingerprint density at radius 1 is 1.46 bits per heavy atom. The molecule has 1 rings (SSSR count). The number of benzene rings is 1. The van der Waals surface area contributed by atoms with Gasteiger partial charge in [-0.3, -0.25) is 4.39 Å². The third-order valence-corrected chi connectivity index (χ3v) is 1.91. The Balaban J connectivity index is 2.53. The van der Waals surface area contributed by atoms with Gasteiger partial charge in [0.05, 0.1) is 6.67 Å². The summed E-state index contributed by atoms with van der Waals surface area (Å²) in [5, 5.41) is 3.12. The van der Waals surface area contributed by atoms with Crippen LogP contribution in [-0.2, 0) is 0 Å². The van der Waals surface area contributed by atoms with E-state index in [2.05, 4.69) is 5.32 Å². The summed E-state index contributed by atoms with van der Waals surface area (Å²) in [7, 11) is 0. The van der Waals surface area contributed by atoms with Crippen LogP contribution in [0.5, 0.6) is 0 Å². The van der Waals surface area contributed by atoms with Crippen molar-refractivity contribution >= 4 is 11.4 Å². The van der Waals surface area contributed by atoms with Gasteiger partial charge in [0.2, 0.25) is 0 Å². The summed E-state index contributed by atoms with van der Waals surface area (Å²) < 4.78 is 11.8. The van der Waals surface area contributed by atoms with Gasteiger partial charge in [0.25, 0.3) is 0 Å². The lowest BCUT2D eigenvalue weighted by Gasteiger charge is -2.07. The normalized spacial score (nSPS) is 10.0. The molecule has 0 saturated carbocycles. The molecule has 3 heteroatoms. The zero-order valence-corrected chi connectivity index (χ0v) is 7.81. The number of aryl methyl sites for hydroxylation is 1. The van der Waals surface area contributed by atoms with Gasteiger partial charge in [0, 0.05) is 17.9 Å². The molecule has 0 spiro atoms. The third kappa shape index (κ3) is 2.93. The van der Waals surface area contributed by atoms with Crippen molar-refractivity contribution in [1.29, 1.82) is 0 Å². The van der Waals surface area contributed by atoms with Crippen molar-refractivity contribution in [2.75, 3.05) is 24.3 Å². The minimum atomic E-state index is -0.277. The summed E-state index contributed by atoms with van der Waals surface area (Å²) in [5.41, 5.74) is 8.49. The largest absolute Gasteiger partial charge is 0.399 e. The van der Waals surface area contributed by atoms with Crippen LogP contribution in [0, 0.1) is 6.92 Å². The highest BCUT2D eigenvalue weighted by atomic mass is 19.1. The van der Waals surface area contributed by atoms with Crippen molar-refractivity contribution in [3.8, 4) is 0 Å². The molecule has 72 valence electrons. The first-order chi connectivity index (χ1) is 6.24. The van der Waals surface area contributed by atoms with Gasteiger partial charge in [-0.1, -0.05) is 0 Å². The molecular weight excluding hydrogens is 167 g/mol. The second-order valence-electron chi connectivity index (χ2n) is 3.04. The maximum atomic E-state index is 11.8. The number of hydrogen-bond donors (Lipinski definition) is 2. The Labute approximate surface area is 77.9 Å². The molecule has 0 radical (unpaired) electrons. The monoisotopic (exact) mass is 182 g/mol. The molecule has 2 nitrogen and oxygen atoms in total. The Morgan fingerprint density at radius 2 is 2.23 bits per heavy atom. The summed E-state index contributed by atoms with van der Waals surface area (Å²) in [6.45, 7) is 2.34. The number of nitrogens with one attached hydrogen (secondary N) is 1. The Hall–Kier alpha value is -1.25. The second-order valence-corrected chi connectivity index (χ2v) is 3.04. The summed E-state index contributed by atoms with van der Waals surface area (Å²) in [4.78, 5) is 0. The van der Waals surface area contributed by atoms with E-state index in [1.54, 1.807) is 0 Å². The van der Waals surface area contributed by atoms with Crippen LogP contribution in [0.2, 0.25) is 0 Å². The van der Waals surface area contributed by atoms with Gasteiger partial charge in [-0.2, -0.15) is 0 Å². The Morgan fingerprint density at radius 3 is 2.85 bits per heavy atom. The van der Waals surface area contributed by atoms with Gasteiger partial charge < -0.3 is 11.1 Å². The fraction of sp³-hybridized carbons (Fsp3) is 0.400. The van der Waals surface area contributed by atoms with E-state index < -0.39 is 0 Å². The van der Waals surface area contributed by atoms with Gasteiger partial charge in [-0.15, -0.1) is 0 Å². The Bertz CT molecular complexity index is 274. The average molecular weight is 182 g/mol. The molecular formula is C10H15FN2. The van der Waals surface area contributed by atoms with Crippen LogP contribution in [0.25, 0.3) is 0 Å². The standard InChI is InChI=1S/C10H15FN2/c1-8-7-9(3-4-10(8)12)13-6-2-5-11/h3-4,7,13H,2,5-6,12H2,1H3. The van der Waals surface area contributed by atoms with E-state index in [-0.39, 0.29) is 6.67 Å². The molecule has 0 aliphatic carbocycles. The number of hydrogen-bond acceptors (Lipinski definition) is 2. The van der Waals surface area contributed by atoms with Crippen molar-refractivity contribution in [3.63, 3.8) is 0 Å². The lowest BCUT2D eigenvalue weighted by atomic mass is 10.2. The van der Waals surface area contributed by atoms with Crippen molar-refractivity contribution < 1.29 is 4.39 Å². The van der Waals surface area contributed by atoms with E-state index in [0.717, 1.165) is 16.9 Å². The van der Waals surface area contributed by atoms with Gasteiger partial charge >= 0.3 is 0 Å². The first-order valence-corrected chi connectivity index (χ1v) is 4.40. The van der Waals surface area contributed by atoms with Crippen molar-refractivity contribution in [2.24, 2.45) is 0 Å². The molecule has 1 aromatic rings. The third-order valence-electron chi connectivity index (χ3n) is 1.91. The Kier molecular flexibility index (Phi) is 3.55. The van der Waals surface area contributed by atoms with Crippen molar-refractivity contribution in [3.05, 3.63) is 23.8 Å². The van der Waals surface area contributed by atoms with Crippen LogP contribution in [0.4, 0.5) is 15.8 Å². The van der Waals surface area contributed by atoms with Crippen molar-refractivity contribution in [2.45, 2.75) is 13.3 Å².